The molecule has 16 heteroatoms. The monoisotopic (exact) mass is 1670 g/mol. The fourth-order valence-corrected chi connectivity index (χ4v) is 0. The summed E-state index contributed by atoms with van der Waals surface area (Å²) in [7, 11) is 0. The molecule has 0 amide bonds. The second-order valence-electron chi connectivity index (χ2n) is 0.808. The molecule has 0 saturated carbocycles. The van der Waals surface area contributed by atoms with Gasteiger partial charge < -0.3 is 0 Å². The summed E-state index contributed by atoms with van der Waals surface area (Å²) in [6, 6.07) is 0. The van der Waals surface area contributed by atoms with Crippen LogP contribution in [-0.2, 0) is 0 Å². The van der Waals surface area contributed by atoms with Crippen LogP contribution >= 0.6 is 297 Å². The lowest BCUT2D eigenvalue weighted by atomic mass is 12.0. The molecule has 24 heavy (non-hydrogen) atoms. The zero-order valence-electron chi connectivity index (χ0n) is 11.7. The van der Waals surface area contributed by atoms with Crippen molar-refractivity contribution in [2.24, 2.45) is 0 Å². The molecule has 0 heterocycles. The minimum atomic E-state index is 0.535. The Kier molecular flexibility index (Phi) is 239. The van der Waals surface area contributed by atoms with E-state index >= 15 is 0 Å². The van der Waals surface area contributed by atoms with Gasteiger partial charge in [-0.05, 0) is 0 Å². The molecular formula is C8H16Br8ClI7. The van der Waals surface area contributed by atoms with Crippen LogP contribution in [0, 0.1) is 0 Å². The highest BCUT2D eigenvalue weighted by molar-refractivity contribution is 14.2. The van der Waals surface area contributed by atoms with Gasteiger partial charge in [-0.15, -0.1) is 11.6 Å². The molecule has 0 aliphatic rings. The summed E-state index contributed by atoms with van der Waals surface area (Å²) in [4.78, 5) is 0.535. The zero-order chi connectivity index (χ0) is 21.7. The highest BCUT2D eigenvalue weighted by Crippen LogP contribution is 1.87. The number of alkyl halides is 16. The van der Waals surface area contributed by atoms with Crippen LogP contribution in [0.2, 0.25) is 0 Å². The lowest BCUT2D eigenvalue weighted by Gasteiger charge is -1.43. The average Bonchev–Trinajstić information content (AvgIpc) is 2.45. The summed E-state index contributed by atoms with van der Waals surface area (Å²) in [6.07, 6.45) is 0. The zero-order valence-corrected chi connectivity index (χ0v) is 40.3. The normalized spacial score (nSPS) is 6.00. The van der Waals surface area contributed by atoms with E-state index in [2.05, 4.69) is 286 Å². The molecule has 0 atom stereocenters. The van der Waals surface area contributed by atoms with E-state index in [0.717, 1.165) is 16.1 Å². The third-order valence-electron chi connectivity index (χ3n) is 0. The van der Waals surface area contributed by atoms with Gasteiger partial charge in [0.05, 0.1) is 28.1 Å². The van der Waals surface area contributed by atoms with Gasteiger partial charge >= 0.3 is 0 Å². The number of rotatable bonds is 0. The Bertz CT molecular complexity index is 66.4. The molecule has 0 spiro atoms. The first-order valence-electron chi connectivity index (χ1n) is 4.28. The third-order valence-corrected chi connectivity index (χ3v) is 0. The van der Waals surface area contributed by atoms with Crippen LogP contribution in [0.25, 0.3) is 0 Å². The quantitative estimate of drug-likeness (QED) is 0.168. The minimum Gasteiger partial charge on any atom is -0.114 e. The van der Waals surface area contributed by atoms with E-state index in [1.165, 1.54) is 7.30 Å². The highest BCUT2D eigenvalue weighted by atomic mass is 127. The summed E-state index contributed by atoms with van der Waals surface area (Å²) in [6.45, 7) is 0. The maximum atomic E-state index is 4.92. The molecule has 0 bridgehead atoms. The Morgan fingerprint density at radius 1 is 0.458 bits per heavy atom. The molecule has 160 valence electrons. The predicted molar refractivity (Wildman–Crippen MR) is 214 cm³/mol. The third kappa shape index (κ3) is 335. The van der Waals surface area contributed by atoms with Crippen LogP contribution in [0.4, 0.5) is 0 Å². The van der Waals surface area contributed by atoms with E-state index in [1.807, 2.05) is 0 Å². The van der Waals surface area contributed by atoms with E-state index in [1.54, 1.807) is 0 Å². The van der Waals surface area contributed by atoms with E-state index in [4.69, 9.17) is 11.6 Å². The highest BCUT2D eigenvalue weighted by Gasteiger charge is 1.43. The van der Waals surface area contributed by atoms with Crippen molar-refractivity contribution in [3.63, 3.8) is 0 Å². The molecule has 0 rings (SSSR count). The summed E-state index contributed by atoms with van der Waals surface area (Å²) in [5.74, 6) is 0. The van der Waals surface area contributed by atoms with Crippen LogP contribution in [-0.4, -0.2) is 28.1 Å². The number of halogens is 16. The van der Waals surface area contributed by atoms with Gasteiger partial charge in [0.1, 0.15) is 0 Å². The first kappa shape index (κ1) is 54.2. The largest absolute Gasteiger partial charge is 0.114 e. The second kappa shape index (κ2) is 106. The van der Waals surface area contributed by atoms with Crippen LogP contribution in [0.5, 0.6) is 0 Å². The van der Waals surface area contributed by atoms with Crippen molar-refractivity contribution < 1.29 is 0 Å². The van der Waals surface area contributed by atoms with Crippen molar-refractivity contribution in [1.82, 2.24) is 0 Å². The van der Waals surface area contributed by atoms with Gasteiger partial charge in [0, 0.05) is 0 Å². The number of hydrogen-bond acceptors (Lipinski definition) is 0. The molecule has 0 aromatic carbocycles. The van der Waals surface area contributed by atoms with Gasteiger partial charge in [-0.25, -0.2) is 0 Å². The molecule has 0 aromatic heterocycles. The van der Waals surface area contributed by atoms with Gasteiger partial charge in [-0.3, -0.25) is 0 Å². The Morgan fingerprint density at radius 3 is 0.458 bits per heavy atom. The van der Waals surface area contributed by atoms with Gasteiger partial charge in [0.15, 0.2) is 0 Å². The van der Waals surface area contributed by atoms with Crippen molar-refractivity contribution in [2.45, 2.75) is 0 Å². The molecule has 0 nitrogen and oxygen atoms in total. The standard InChI is InChI=1S/3CH2Br2.CH2BrCl.CH2BrI.3CH2I2/c8*2-1-3/h8*1H2. The first-order chi connectivity index (χ1) is 11.3. The van der Waals surface area contributed by atoms with Crippen LogP contribution < -0.4 is 0 Å². The van der Waals surface area contributed by atoms with Crippen molar-refractivity contribution >= 4 is 297 Å². The fraction of sp³-hybridized carbons (Fsp3) is 1.00. The van der Waals surface area contributed by atoms with Gasteiger partial charge in [-0.2, -0.15) is 0 Å². The molecule has 0 aromatic rings. The first-order valence-corrected chi connectivity index (χ1v) is 24.5. The Morgan fingerprint density at radius 2 is 0.458 bits per heavy atom. The topological polar surface area (TPSA) is 0 Å². The smallest absolute Gasteiger partial charge is 0.0778 e. The SMILES string of the molecule is BrCBr.BrCBr.BrCBr.BrCI.ClCBr.ICI.ICI.ICI. The average molecular weight is 1680 g/mol. The maximum absolute atomic E-state index is 4.92. The summed E-state index contributed by atoms with van der Waals surface area (Å²) < 4.78 is 7.23. The second-order valence-corrected chi connectivity index (χ2v) is 26.9. The van der Waals surface area contributed by atoms with E-state index < -0.39 is 0 Å². The summed E-state index contributed by atoms with van der Waals surface area (Å²) in [5, 5.41) is 0. The summed E-state index contributed by atoms with van der Waals surface area (Å²) >= 11 is 45.2. The Labute approximate surface area is 316 Å². The fourth-order valence-electron chi connectivity index (χ4n) is 0. The van der Waals surface area contributed by atoms with Crippen LogP contribution in [0.3, 0.4) is 0 Å². The maximum Gasteiger partial charge on any atom is 0.0778 e. The van der Waals surface area contributed by atoms with Gasteiger partial charge in [-0.1, -0.05) is 286 Å². The molecule has 0 aliphatic carbocycles. The lowest BCUT2D eigenvalue weighted by molar-refractivity contribution is 2.32. The minimum absolute atomic E-state index is 0.535. The van der Waals surface area contributed by atoms with E-state index in [9.17, 15) is 0 Å². The Balaban J connectivity index is -0.0000000203. The van der Waals surface area contributed by atoms with E-state index in [0.29, 0.717) is 4.79 Å². The lowest BCUT2D eigenvalue weighted by Crippen LogP contribution is -1.21. The Hall–Kier alpha value is 9.24. The molecule has 0 saturated heterocycles. The van der Waals surface area contributed by atoms with Gasteiger partial charge in [0.25, 0.3) is 0 Å². The predicted octanol–water partition coefficient (Wildman–Crippen LogP) is 14.0. The number of hydrogen-bond donors (Lipinski definition) is 0. The van der Waals surface area contributed by atoms with Crippen molar-refractivity contribution in [3.05, 3.63) is 0 Å². The van der Waals surface area contributed by atoms with Crippen molar-refractivity contribution in [2.75, 3.05) is 28.1 Å². The molecule has 0 fully saturated rings. The summed E-state index contributed by atoms with van der Waals surface area (Å²) in [5.41, 5.74) is 0. The van der Waals surface area contributed by atoms with E-state index in [-0.39, 0.29) is 0 Å². The molecule has 0 unspecified atom stereocenters. The van der Waals surface area contributed by atoms with Crippen molar-refractivity contribution in [3.8, 4) is 0 Å². The van der Waals surface area contributed by atoms with Crippen molar-refractivity contribution in [1.29, 1.82) is 0 Å². The molecule has 0 aliphatic heterocycles. The van der Waals surface area contributed by atoms with Crippen LogP contribution in [0.1, 0.15) is 0 Å². The molecule has 0 N–H and O–H groups in total. The van der Waals surface area contributed by atoms with Crippen LogP contribution in [0.15, 0.2) is 0 Å². The van der Waals surface area contributed by atoms with Gasteiger partial charge in [0.2, 0.25) is 0 Å². The molecule has 0 radical (unpaired) electrons. The molecular weight excluding hydrogens is 1660 g/mol.